The highest BCUT2D eigenvalue weighted by Gasteiger charge is 2.23. The number of hydrogen-bond acceptors (Lipinski definition) is 4. The summed E-state index contributed by atoms with van der Waals surface area (Å²) in [5.74, 6) is 0.138. The molecule has 1 heterocycles. The maximum Gasteiger partial charge on any atom is 0.172 e. The van der Waals surface area contributed by atoms with Crippen molar-refractivity contribution in [1.29, 1.82) is 0 Å². The lowest BCUT2D eigenvalue weighted by atomic mass is 10.3. The van der Waals surface area contributed by atoms with Gasteiger partial charge in [-0.05, 0) is 6.42 Å². The summed E-state index contributed by atoms with van der Waals surface area (Å²) in [5.41, 5.74) is 0. The lowest BCUT2D eigenvalue weighted by molar-refractivity contribution is -0.123. The van der Waals surface area contributed by atoms with Gasteiger partial charge < -0.3 is 9.47 Å². The molecule has 76 valence electrons. The standard InChI is InChI=1S/C9H17NO3/c1-12-7-8(11)5-10-4-3-9(6-10)13-2/h9H,3-7H2,1-2H3. The van der Waals surface area contributed by atoms with Gasteiger partial charge in [-0.1, -0.05) is 0 Å². The van der Waals surface area contributed by atoms with Gasteiger partial charge in [0.15, 0.2) is 5.78 Å². The average molecular weight is 187 g/mol. The topological polar surface area (TPSA) is 38.8 Å². The number of hydrogen-bond donors (Lipinski definition) is 0. The van der Waals surface area contributed by atoms with Crippen LogP contribution in [0.4, 0.5) is 0 Å². The number of carbonyl (C=O) groups excluding carboxylic acids is 1. The summed E-state index contributed by atoms with van der Waals surface area (Å²) in [7, 11) is 3.25. The second kappa shape index (κ2) is 5.32. The second-order valence-electron chi connectivity index (χ2n) is 3.35. The number of rotatable bonds is 5. The number of ether oxygens (including phenoxy) is 2. The molecule has 0 amide bonds. The number of ketones is 1. The highest BCUT2D eigenvalue weighted by Crippen LogP contribution is 2.10. The highest BCUT2D eigenvalue weighted by molar-refractivity contribution is 5.81. The first kappa shape index (κ1) is 10.6. The average Bonchev–Trinajstić information content (AvgIpc) is 2.52. The van der Waals surface area contributed by atoms with Crippen molar-refractivity contribution in [2.45, 2.75) is 12.5 Å². The van der Waals surface area contributed by atoms with Gasteiger partial charge >= 0.3 is 0 Å². The first-order valence-corrected chi connectivity index (χ1v) is 4.52. The van der Waals surface area contributed by atoms with E-state index in [1.54, 1.807) is 14.2 Å². The van der Waals surface area contributed by atoms with Crippen molar-refractivity contribution < 1.29 is 14.3 Å². The van der Waals surface area contributed by atoms with Gasteiger partial charge in [0.1, 0.15) is 6.61 Å². The Morgan fingerprint density at radius 3 is 2.85 bits per heavy atom. The van der Waals surface area contributed by atoms with Crippen LogP contribution in [0, 0.1) is 0 Å². The van der Waals surface area contributed by atoms with Gasteiger partial charge in [0, 0.05) is 27.3 Å². The van der Waals surface area contributed by atoms with Gasteiger partial charge in [0.25, 0.3) is 0 Å². The van der Waals surface area contributed by atoms with Crippen LogP contribution in [0.1, 0.15) is 6.42 Å². The van der Waals surface area contributed by atoms with Gasteiger partial charge in [-0.15, -0.1) is 0 Å². The minimum Gasteiger partial charge on any atom is -0.380 e. The second-order valence-corrected chi connectivity index (χ2v) is 3.35. The molecule has 1 rings (SSSR count). The third-order valence-electron chi connectivity index (χ3n) is 2.27. The van der Waals surface area contributed by atoms with Crippen LogP contribution in [0.5, 0.6) is 0 Å². The lowest BCUT2D eigenvalue weighted by Gasteiger charge is -2.13. The van der Waals surface area contributed by atoms with Gasteiger partial charge in [-0.3, -0.25) is 9.69 Å². The molecule has 4 heteroatoms. The Morgan fingerprint density at radius 2 is 2.31 bits per heavy atom. The third kappa shape index (κ3) is 3.42. The number of carbonyl (C=O) groups is 1. The van der Waals surface area contributed by atoms with E-state index < -0.39 is 0 Å². The van der Waals surface area contributed by atoms with Gasteiger partial charge in [0.05, 0.1) is 12.6 Å². The van der Waals surface area contributed by atoms with E-state index in [1.165, 1.54) is 0 Å². The molecular weight excluding hydrogens is 170 g/mol. The highest BCUT2D eigenvalue weighted by atomic mass is 16.5. The molecule has 1 aliphatic heterocycles. The monoisotopic (exact) mass is 187 g/mol. The van der Waals surface area contributed by atoms with Crippen molar-refractivity contribution in [1.82, 2.24) is 4.90 Å². The van der Waals surface area contributed by atoms with E-state index in [-0.39, 0.29) is 12.4 Å². The maximum atomic E-state index is 11.2. The van der Waals surface area contributed by atoms with Gasteiger partial charge in [-0.25, -0.2) is 0 Å². The minimum atomic E-state index is 0.138. The number of nitrogens with zero attached hydrogens (tertiary/aromatic N) is 1. The van der Waals surface area contributed by atoms with Crippen LogP contribution in [-0.4, -0.2) is 57.2 Å². The van der Waals surface area contributed by atoms with Crippen LogP contribution in [0.25, 0.3) is 0 Å². The van der Waals surface area contributed by atoms with Crippen LogP contribution >= 0.6 is 0 Å². The fourth-order valence-corrected chi connectivity index (χ4v) is 1.59. The molecule has 4 nitrogen and oxygen atoms in total. The summed E-state index contributed by atoms with van der Waals surface area (Å²) in [6.07, 6.45) is 1.33. The molecule has 0 aromatic heterocycles. The van der Waals surface area contributed by atoms with Gasteiger partial charge in [0.2, 0.25) is 0 Å². The molecular formula is C9H17NO3. The predicted octanol–water partition coefficient (Wildman–Crippen LogP) is -0.0774. The maximum absolute atomic E-state index is 11.2. The number of Topliss-reactive ketones (excluding diaryl/α,β-unsaturated/α-hetero) is 1. The van der Waals surface area contributed by atoms with Crippen molar-refractivity contribution in [3.05, 3.63) is 0 Å². The van der Waals surface area contributed by atoms with E-state index in [4.69, 9.17) is 9.47 Å². The summed E-state index contributed by atoms with van der Waals surface area (Å²) >= 11 is 0. The van der Waals surface area contributed by atoms with E-state index >= 15 is 0 Å². The summed E-state index contributed by atoms with van der Waals surface area (Å²) in [6, 6.07) is 0. The van der Waals surface area contributed by atoms with Crippen molar-refractivity contribution in [3.8, 4) is 0 Å². The summed E-state index contributed by atoms with van der Waals surface area (Å²) < 4.78 is 9.96. The van der Waals surface area contributed by atoms with Gasteiger partial charge in [-0.2, -0.15) is 0 Å². The smallest absolute Gasteiger partial charge is 0.172 e. The van der Waals surface area contributed by atoms with Crippen molar-refractivity contribution in [3.63, 3.8) is 0 Å². The van der Waals surface area contributed by atoms with Crippen molar-refractivity contribution in [2.24, 2.45) is 0 Å². The van der Waals surface area contributed by atoms with Crippen LogP contribution in [0.2, 0.25) is 0 Å². The Labute approximate surface area is 78.8 Å². The molecule has 0 aliphatic carbocycles. The zero-order valence-electron chi connectivity index (χ0n) is 8.28. The fraction of sp³-hybridized carbons (Fsp3) is 0.889. The molecule has 0 radical (unpaired) electrons. The minimum absolute atomic E-state index is 0.138. The molecule has 1 saturated heterocycles. The lowest BCUT2D eigenvalue weighted by Crippen LogP contribution is -2.30. The first-order valence-electron chi connectivity index (χ1n) is 4.52. The first-order chi connectivity index (χ1) is 6.26. The fourth-order valence-electron chi connectivity index (χ4n) is 1.59. The molecule has 1 aliphatic rings. The summed E-state index contributed by atoms with van der Waals surface area (Å²) in [4.78, 5) is 13.3. The molecule has 1 fully saturated rings. The van der Waals surface area contributed by atoms with Crippen LogP contribution in [-0.2, 0) is 14.3 Å². The molecule has 0 N–H and O–H groups in total. The molecule has 0 spiro atoms. The SMILES string of the molecule is COCC(=O)CN1CCC(OC)C1. The van der Waals surface area contributed by atoms with E-state index in [9.17, 15) is 4.79 Å². The van der Waals surface area contributed by atoms with E-state index in [1.807, 2.05) is 0 Å². The van der Waals surface area contributed by atoms with E-state index in [0.717, 1.165) is 19.5 Å². The van der Waals surface area contributed by atoms with Crippen molar-refractivity contribution >= 4 is 5.78 Å². The summed E-state index contributed by atoms with van der Waals surface area (Å²) in [5, 5.41) is 0. The van der Waals surface area contributed by atoms with Crippen LogP contribution in [0.3, 0.4) is 0 Å². The third-order valence-corrected chi connectivity index (χ3v) is 2.27. The Hall–Kier alpha value is -0.450. The molecule has 0 bridgehead atoms. The Kier molecular flexibility index (Phi) is 4.35. The quantitative estimate of drug-likeness (QED) is 0.603. The normalized spacial score (nSPS) is 23.7. The summed E-state index contributed by atoms with van der Waals surface area (Å²) in [6.45, 7) is 2.53. The zero-order chi connectivity index (χ0) is 9.68. The largest absolute Gasteiger partial charge is 0.380 e. The zero-order valence-corrected chi connectivity index (χ0v) is 8.28. The molecule has 1 unspecified atom stereocenters. The number of methoxy groups -OCH3 is 2. The van der Waals surface area contributed by atoms with Crippen LogP contribution < -0.4 is 0 Å². The predicted molar refractivity (Wildman–Crippen MR) is 48.7 cm³/mol. The molecule has 0 aromatic rings. The Morgan fingerprint density at radius 1 is 1.54 bits per heavy atom. The molecule has 1 atom stereocenters. The molecule has 13 heavy (non-hydrogen) atoms. The van der Waals surface area contributed by atoms with E-state index in [0.29, 0.717) is 12.6 Å². The Bertz CT molecular complexity index is 172. The number of likely N-dealkylation sites (tertiary alicyclic amines) is 1. The molecule has 0 saturated carbocycles. The van der Waals surface area contributed by atoms with Crippen LogP contribution in [0.15, 0.2) is 0 Å². The van der Waals surface area contributed by atoms with E-state index in [2.05, 4.69) is 4.90 Å². The molecule has 0 aromatic carbocycles. The van der Waals surface area contributed by atoms with Crippen molar-refractivity contribution in [2.75, 3.05) is 40.5 Å². The Balaban J connectivity index is 2.19.